The first-order valence-corrected chi connectivity index (χ1v) is 17.3. The first kappa shape index (κ1) is 33.2. The lowest BCUT2D eigenvalue weighted by atomic mass is 9.99. The van der Waals surface area contributed by atoms with E-state index < -0.39 is 17.8 Å². The summed E-state index contributed by atoms with van der Waals surface area (Å²) in [5, 5.41) is 1.62. The molecule has 8 nitrogen and oxygen atoms in total. The second-order valence-corrected chi connectivity index (χ2v) is 13.2. The predicted octanol–water partition coefficient (Wildman–Crippen LogP) is 8.80. The third-order valence-electron chi connectivity index (χ3n) is 9.92. The molecule has 0 radical (unpaired) electrons. The zero-order valence-corrected chi connectivity index (χ0v) is 28.5. The maximum atomic E-state index is 15.0. The number of anilines is 3. The van der Waals surface area contributed by atoms with Crippen molar-refractivity contribution in [2.75, 3.05) is 36.0 Å². The Balaban J connectivity index is 1.26. The van der Waals surface area contributed by atoms with Crippen LogP contribution in [0.4, 0.5) is 35.0 Å². The van der Waals surface area contributed by atoms with Gasteiger partial charge in [-0.3, -0.25) is 19.7 Å². The molecule has 11 heteroatoms. The number of alkyl halides is 3. The molecule has 0 saturated carbocycles. The lowest BCUT2D eigenvalue weighted by Gasteiger charge is -2.39. The standard InChI is InChI=1S/C41H35F3N6O2/c1-2-38(51)48-18-16-47(17-19-48)37-15-13-32(22-34(37)41(42,43)44)50-39-31(26-49(40(50)52)25-27-8-4-3-5-9-27)24-46-36-14-12-28(21-33(36)39)30-20-29-10-6-7-11-35(29)45-23-30/h3-15,20-24H,2,16-19,25-26H2,1H3. The molecular weight excluding hydrogens is 665 g/mol. The van der Waals surface area contributed by atoms with Crippen molar-refractivity contribution in [1.29, 1.82) is 0 Å². The number of fused-ring (bicyclic) bond motifs is 4. The van der Waals surface area contributed by atoms with Crippen LogP contribution in [0, 0.1) is 0 Å². The van der Waals surface area contributed by atoms with Crippen LogP contribution in [0.15, 0.2) is 109 Å². The molecule has 8 rings (SSSR count). The summed E-state index contributed by atoms with van der Waals surface area (Å²) in [5.74, 6) is -0.0184. The molecule has 0 aliphatic carbocycles. The molecule has 2 aliphatic rings. The maximum Gasteiger partial charge on any atom is 0.418 e. The van der Waals surface area contributed by atoms with Gasteiger partial charge >= 0.3 is 12.2 Å². The molecule has 2 aromatic heterocycles. The fraction of sp³-hybridized carbons (Fsp3) is 0.220. The highest BCUT2D eigenvalue weighted by molar-refractivity contribution is 6.10. The van der Waals surface area contributed by atoms with E-state index in [-0.39, 0.29) is 43.5 Å². The Hall–Kier alpha value is -5.97. The lowest BCUT2D eigenvalue weighted by Crippen LogP contribution is -2.49. The Bertz CT molecular complexity index is 2320. The van der Waals surface area contributed by atoms with Crippen molar-refractivity contribution >= 4 is 50.8 Å². The van der Waals surface area contributed by atoms with Crippen LogP contribution in [0.5, 0.6) is 0 Å². The van der Waals surface area contributed by atoms with Gasteiger partial charge in [-0.1, -0.05) is 61.5 Å². The average molecular weight is 701 g/mol. The molecule has 4 aromatic carbocycles. The second kappa shape index (κ2) is 13.3. The third kappa shape index (κ3) is 6.16. The molecule has 262 valence electrons. The molecule has 0 N–H and O–H groups in total. The first-order chi connectivity index (χ1) is 25.2. The van der Waals surface area contributed by atoms with E-state index in [0.717, 1.165) is 33.7 Å². The fourth-order valence-corrected chi connectivity index (χ4v) is 7.27. The summed E-state index contributed by atoms with van der Waals surface area (Å²) >= 11 is 0. The van der Waals surface area contributed by atoms with Crippen LogP contribution in [0.3, 0.4) is 0 Å². The minimum atomic E-state index is -4.70. The largest absolute Gasteiger partial charge is 0.418 e. The average Bonchev–Trinajstić information content (AvgIpc) is 3.17. The van der Waals surface area contributed by atoms with E-state index in [2.05, 4.69) is 4.98 Å². The monoisotopic (exact) mass is 700 g/mol. The highest BCUT2D eigenvalue weighted by Gasteiger charge is 2.39. The molecule has 0 bridgehead atoms. The molecule has 0 spiro atoms. The number of halogens is 3. The van der Waals surface area contributed by atoms with Gasteiger partial charge in [-0.2, -0.15) is 13.2 Å². The zero-order valence-electron chi connectivity index (χ0n) is 28.5. The van der Waals surface area contributed by atoms with E-state index in [1.807, 2.05) is 78.9 Å². The number of pyridine rings is 2. The van der Waals surface area contributed by atoms with Crippen molar-refractivity contribution in [3.63, 3.8) is 0 Å². The number of nitrogens with zero attached hydrogens (tertiary/aromatic N) is 6. The van der Waals surface area contributed by atoms with E-state index in [4.69, 9.17) is 4.98 Å². The zero-order chi connectivity index (χ0) is 36.0. The topological polar surface area (TPSA) is 72.9 Å². The summed E-state index contributed by atoms with van der Waals surface area (Å²) in [5.41, 5.74) is 4.57. The number of rotatable bonds is 6. The summed E-state index contributed by atoms with van der Waals surface area (Å²) in [6.07, 6.45) is -0.852. The molecule has 3 amide bonds. The number of para-hydroxylation sites is 1. The summed E-state index contributed by atoms with van der Waals surface area (Å²) in [4.78, 5) is 42.6. The number of piperazine rings is 1. The Morgan fingerprint density at radius 2 is 1.54 bits per heavy atom. The normalized spacial score (nSPS) is 15.0. The molecule has 1 saturated heterocycles. The van der Waals surface area contributed by atoms with Crippen molar-refractivity contribution in [3.8, 4) is 11.1 Å². The smallest absolute Gasteiger partial charge is 0.367 e. The lowest BCUT2D eigenvalue weighted by molar-refractivity contribution is -0.137. The van der Waals surface area contributed by atoms with Gasteiger partial charge < -0.3 is 14.7 Å². The minimum Gasteiger partial charge on any atom is -0.367 e. The number of benzene rings is 4. The summed E-state index contributed by atoms with van der Waals surface area (Å²) in [6, 6.07) is 28.8. The van der Waals surface area contributed by atoms with Gasteiger partial charge in [-0.05, 0) is 53.6 Å². The second-order valence-electron chi connectivity index (χ2n) is 13.2. The van der Waals surface area contributed by atoms with Crippen LogP contribution in [-0.4, -0.2) is 57.9 Å². The number of urea groups is 1. The Morgan fingerprint density at radius 3 is 2.31 bits per heavy atom. The molecule has 6 aromatic rings. The van der Waals surface area contributed by atoms with Gasteiger partial charge in [0.1, 0.15) is 0 Å². The highest BCUT2D eigenvalue weighted by atomic mass is 19.4. The van der Waals surface area contributed by atoms with Crippen molar-refractivity contribution in [1.82, 2.24) is 19.8 Å². The van der Waals surface area contributed by atoms with Gasteiger partial charge in [0.2, 0.25) is 5.91 Å². The number of amides is 3. The number of hydrogen-bond acceptors (Lipinski definition) is 5. The first-order valence-electron chi connectivity index (χ1n) is 17.3. The van der Waals surface area contributed by atoms with E-state index in [0.29, 0.717) is 41.7 Å². The molecule has 0 atom stereocenters. The van der Waals surface area contributed by atoms with E-state index in [1.165, 1.54) is 11.0 Å². The van der Waals surface area contributed by atoms with Gasteiger partial charge in [0.05, 0.1) is 34.5 Å². The van der Waals surface area contributed by atoms with E-state index >= 15 is 0 Å². The predicted molar refractivity (Wildman–Crippen MR) is 196 cm³/mol. The summed E-state index contributed by atoms with van der Waals surface area (Å²) in [7, 11) is 0. The van der Waals surface area contributed by atoms with Crippen molar-refractivity contribution in [2.24, 2.45) is 0 Å². The highest BCUT2D eigenvalue weighted by Crippen LogP contribution is 2.45. The summed E-state index contributed by atoms with van der Waals surface area (Å²) < 4.78 is 44.9. The van der Waals surface area contributed by atoms with Crippen LogP contribution in [0.1, 0.15) is 30.0 Å². The van der Waals surface area contributed by atoms with Crippen LogP contribution >= 0.6 is 0 Å². The number of carbonyl (C=O) groups excluding carboxylic acids is 2. The molecule has 4 heterocycles. The SMILES string of the molecule is CCC(=O)N1CCN(c2ccc(N3C(=O)N(Cc4ccccc4)Cc4cnc5ccc(-c6cnc7ccccc7c6)cc5c43)cc2C(F)(F)F)CC1. The van der Waals surface area contributed by atoms with Crippen LogP contribution < -0.4 is 9.80 Å². The molecule has 0 unspecified atom stereocenters. The van der Waals surface area contributed by atoms with Crippen molar-refractivity contribution in [3.05, 3.63) is 126 Å². The molecule has 52 heavy (non-hydrogen) atoms. The van der Waals surface area contributed by atoms with Gasteiger partial charge in [0.15, 0.2) is 0 Å². The number of carbonyl (C=O) groups is 2. The van der Waals surface area contributed by atoms with Crippen LogP contribution in [0.2, 0.25) is 0 Å². The molecular formula is C41H35F3N6O2. The summed E-state index contributed by atoms with van der Waals surface area (Å²) in [6.45, 7) is 3.49. The van der Waals surface area contributed by atoms with Crippen LogP contribution in [0.25, 0.3) is 32.9 Å². The van der Waals surface area contributed by atoms with Gasteiger partial charge in [-0.25, -0.2) is 4.79 Å². The van der Waals surface area contributed by atoms with E-state index in [1.54, 1.807) is 40.1 Å². The van der Waals surface area contributed by atoms with E-state index in [9.17, 15) is 22.8 Å². The number of aromatic nitrogens is 2. The minimum absolute atomic E-state index is 0.0184. The quantitative estimate of drug-likeness (QED) is 0.174. The van der Waals surface area contributed by atoms with Crippen molar-refractivity contribution < 1.29 is 22.8 Å². The Morgan fingerprint density at radius 1 is 0.788 bits per heavy atom. The Labute approximate surface area is 298 Å². The fourth-order valence-electron chi connectivity index (χ4n) is 7.27. The molecule has 2 aliphatic heterocycles. The Kier molecular flexibility index (Phi) is 8.49. The molecule has 1 fully saturated rings. The van der Waals surface area contributed by atoms with Gasteiger partial charge in [0, 0.05) is 79.1 Å². The number of hydrogen-bond donors (Lipinski definition) is 0. The van der Waals surface area contributed by atoms with Crippen LogP contribution in [-0.2, 0) is 24.1 Å². The maximum absolute atomic E-state index is 15.0. The third-order valence-corrected chi connectivity index (χ3v) is 9.92. The van der Waals surface area contributed by atoms with Gasteiger partial charge in [0.25, 0.3) is 0 Å². The van der Waals surface area contributed by atoms with Crippen molar-refractivity contribution in [2.45, 2.75) is 32.6 Å². The van der Waals surface area contributed by atoms with Gasteiger partial charge in [-0.15, -0.1) is 0 Å².